The molecule has 1 aliphatic rings. The van der Waals surface area contributed by atoms with Gasteiger partial charge >= 0.3 is 0 Å². The van der Waals surface area contributed by atoms with Gasteiger partial charge in [0.05, 0.1) is 0 Å². The summed E-state index contributed by atoms with van der Waals surface area (Å²) in [4.78, 5) is 13.5. The first-order valence-electron chi connectivity index (χ1n) is 6.96. The van der Waals surface area contributed by atoms with Crippen molar-refractivity contribution in [2.75, 3.05) is 11.4 Å². The van der Waals surface area contributed by atoms with E-state index in [1.807, 2.05) is 0 Å². The Balaban J connectivity index is 2.03. The summed E-state index contributed by atoms with van der Waals surface area (Å²) >= 11 is 0. The number of anilines is 1. The lowest BCUT2D eigenvalue weighted by molar-refractivity contribution is -0.119. The number of nitrogens with zero attached hydrogens (tertiary/aromatic N) is 1. The molecule has 1 aromatic carbocycles. The van der Waals surface area contributed by atoms with Crippen LogP contribution in [0.3, 0.4) is 0 Å². The van der Waals surface area contributed by atoms with Crippen molar-refractivity contribution < 1.29 is 4.79 Å². The van der Waals surface area contributed by atoms with Crippen LogP contribution in [0.25, 0.3) is 0 Å². The highest BCUT2D eigenvalue weighted by molar-refractivity contribution is 5.84. The summed E-state index contributed by atoms with van der Waals surface area (Å²) in [6.45, 7) is 6.06. The minimum atomic E-state index is -0.219. The van der Waals surface area contributed by atoms with Gasteiger partial charge < -0.3 is 16.0 Å². The highest BCUT2D eigenvalue weighted by Gasteiger charge is 2.28. The van der Waals surface area contributed by atoms with E-state index in [9.17, 15) is 4.79 Å². The lowest BCUT2D eigenvalue weighted by Crippen LogP contribution is -2.40. The molecule has 1 saturated heterocycles. The van der Waals surface area contributed by atoms with Gasteiger partial charge in [0.2, 0.25) is 5.91 Å². The number of nitrogens with two attached hydrogens (primary N) is 1. The van der Waals surface area contributed by atoms with Crippen molar-refractivity contribution in [2.24, 2.45) is 5.73 Å². The van der Waals surface area contributed by atoms with Crippen LogP contribution in [0.15, 0.2) is 24.3 Å². The molecule has 1 heterocycles. The van der Waals surface area contributed by atoms with Crippen molar-refractivity contribution in [3.8, 4) is 0 Å². The van der Waals surface area contributed by atoms with Crippen LogP contribution in [0.4, 0.5) is 5.69 Å². The van der Waals surface area contributed by atoms with Crippen LogP contribution in [0, 0.1) is 0 Å². The third kappa shape index (κ3) is 3.47. The fraction of sp³-hybridized carbons (Fsp3) is 0.533. The Morgan fingerprint density at radius 1 is 1.42 bits per heavy atom. The smallest absolute Gasteiger partial charge is 0.240 e. The molecule has 1 atom stereocenters. The van der Waals surface area contributed by atoms with Crippen molar-refractivity contribution in [1.29, 1.82) is 0 Å². The number of nitrogens with one attached hydrogen (secondary N) is 1. The largest absolute Gasteiger partial charge is 0.368 e. The lowest BCUT2D eigenvalue weighted by Gasteiger charge is -2.24. The van der Waals surface area contributed by atoms with E-state index in [0.29, 0.717) is 6.04 Å². The number of benzene rings is 1. The molecule has 4 heteroatoms. The van der Waals surface area contributed by atoms with Gasteiger partial charge in [-0.25, -0.2) is 0 Å². The van der Waals surface area contributed by atoms with Gasteiger partial charge in [0.1, 0.15) is 6.04 Å². The maximum Gasteiger partial charge on any atom is 0.240 e. The molecule has 1 aromatic rings. The van der Waals surface area contributed by atoms with Crippen LogP contribution in [0.5, 0.6) is 0 Å². The van der Waals surface area contributed by atoms with Crippen LogP contribution in [0.1, 0.15) is 32.3 Å². The first-order chi connectivity index (χ1) is 9.08. The Bertz CT molecular complexity index is 428. The van der Waals surface area contributed by atoms with E-state index < -0.39 is 0 Å². The van der Waals surface area contributed by atoms with Gasteiger partial charge in [0.25, 0.3) is 0 Å². The summed E-state index contributed by atoms with van der Waals surface area (Å²) in [5.74, 6) is -0.219. The van der Waals surface area contributed by atoms with Crippen LogP contribution in [-0.2, 0) is 11.3 Å². The third-order valence-corrected chi connectivity index (χ3v) is 3.56. The number of hydrogen-bond donors (Lipinski definition) is 2. The summed E-state index contributed by atoms with van der Waals surface area (Å²) < 4.78 is 0. The van der Waals surface area contributed by atoms with Gasteiger partial charge in [-0.05, 0) is 30.5 Å². The molecule has 19 heavy (non-hydrogen) atoms. The van der Waals surface area contributed by atoms with E-state index in [4.69, 9.17) is 5.73 Å². The Kier molecular flexibility index (Phi) is 4.43. The van der Waals surface area contributed by atoms with Crippen molar-refractivity contribution >= 4 is 11.6 Å². The van der Waals surface area contributed by atoms with E-state index in [0.717, 1.165) is 31.6 Å². The Morgan fingerprint density at radius 3 is 2.68 bits per heavy atom. The number of carbonyl (C=O) groups excluding carboxylic acids is 1. The van der Waals surface area contributed by atoms with E-state index in [2.05, 4.69) is 48.3 Å². The third-order valence-electron chi connectivity index (χ3n) is 3.56. The van der Waals surface area contributed by atoms with Crippen LogP contribution < -0.4 is 16.0 Å². The molecule has 1 fully saturated rings. The normalized spacial score (nSPS) is 19.1. The van der Waals surface area contributed by atoms with Gasteiger partial charge in [0.15, 0.2) is 0 Å². The molecule has 3 N–H and O–H groups in total. The molecule has 0 saturated carbocycles. The molecule has 0 spiro atoms. The fourth-order valence-corrected chi connectivity index (χ4v) is 2.50. The number of primary amides is 1. The quantitative estimate of drug-likeness (QED) is 0.847. The molecule has 0 bridgehead atoms. The second-order valence-corrected chi connectivity index (χ2v) is 5.46. The highest BCUT2D eigenvalue weighted by atomic mass is 16.1. The topological polar surface area (TPSA) is 58.4 Å². The summed E-state index contributed by atoms with van der Waals surface area (Å²) in [6, 6.07) is 8.73. The van der Waals surface area contributed by atoms with E-state index in [1.165, 1.54) is 5.56 Å². The molecule has 0 aromatic heterocycles. The van der Waals surface area contributed by atoms with Crippen molar-refractivity contribution in [3.63, 3.8) is 0 Å². The SMILES string of the molecule is CC(C)NCc1ccc(N2CCCC2C(N)=O)cc1. The van der Waals surface area contributed by atoms with Crippen molar-refractivity contribution in [3.05, 3.63) is 29.8 Å². The lowest BCUT2D eigenvalue weighted by atomic mass is 10.1. The van der Waals surface area contributed by atoms with Gasteiger partial charge in [0, 0.05) is 24.8 Å². The van der Waals surface area contributed by atoms with Crippen LogP contribution in [-0.4, -0.2) is 24.5 Å². The van der Waals surface area contributed by atoms with Gasteiger partial charge in [-0.1, -0.05) is 26.0 Å². The monoisotopic (exact) mass is 261 g/mol. The molecule has 104 valence electrons. The first-order valence-corrected chi connectivity index (χ1v) is 6.96. The number of hydrogen-bond acceptors (Lipinski definition) is 3. The molecule has 4 nitrogen and oxygen atoms in total. The predicted octanol–water partition coefficient (Wildman–Crippen LogP) is 1.64. The van der Waals surface area contributed by atoms with E-state index >= 15 is 0 Å². The highest BCUT2D eigenvalue weighted by Crippen LogP contribution is 2.25. The minimum absolute atomic E-state index is 0.139. The summed E-state index contributed by atoms with van der Waals surface area (Å²) in [5, 5.41) is 3.39. The fourth-order valence-electron chi connectivity index (χ4n) is 2.50. The molecule has 1 amide bonds. The summed E-state index contributed by atoms with van der Waals surface area (Å²) in [7, 11) is 0. The molecule has 0 radical (unpaired) electrons. The first kappa shape index (κ1) is 13.9. The second-order valence-electron chi connectivity index (χ2n) is 5.46. The average Bonchev–Trinajstić information content (AvgIpc) is 2.86. The maximum absolute atomic E-state index is 11.4. The Morgan fingerprint density at radius 2 is 2.11 bits per heavy atom. The summed E-state index contributed by atoms with van der Waals surface area (Å²) in [5.41, 5.74) is 7.79. The minimum Gasteiger partial charge on any atom is -0.368 e. The van der Waals surface area contributed by atoms with Crippen LogP contribution >= 0.6 is 0 Å². The molecular formula is C15H23N3O. The second kappa shape index (κ2) is 6.06. The van der Waals surface area contributed by atoms with Crippen molar-refractivity contribution in [2.45, 2.75) is 45.3 Å². The standard InChI is InChI=1S/C15H23N3O/c1-11(2)17-10-12-5-7-13(8-6-12)18-9-3-4-14(18)15(16)19/h5-8,11,14,17H,3-4,9-10H2,1-2H3,(H2,16,19). The molecule has 0 aliphatic carbocycles. The van der Waals surface area contributed by atoms with Gasteiger partial charge in [-0.2, -0.15) is 0 Å². The molecule has 1 aliphatic heterocycles. The number of rotatable bonds is 5. The summed E-state index contributed by atoms with van der Waals surface area (Å²) in [6.07, 6.45) is 1.90. The zero-order valence-electron chi connectivity index (χ0n) is 11.7. The number of amides is 1. The van der Waals surface area contributed by atoms with Gasteiger partial charge in [-0.15, -0.1) is 0 Å². The molecular weight excluding hydrogens is 238 g/mol. The van der Waals surface area contributed by atoms with Crippen LogP contribution in [0.2, 0.25) is 0 Å². The predicted molar refractivity (Wildman–Crippen MR) is 78.0 cm³/mol. The molecule has 1 unspecified atom stereocenters. The Labute approximate surface area is 115 Å². The van der Waals surface area contributed by atoms with E-state index in [1.54, 1.807) is 0 Å². The van der Waals surface area contributed by atoms with Gasteiger partial charge in [-0.3, -0.25) is 4.79 Å². The maximum atomic E-state index is 11.4. The van der Waals surface area contributed by atoms with Crippen molar-refractivity contribution in [1.82, 2.24) is 5.32 Å². The zero-order valence-corrected chi connectivity index (χ0v) is 11.7. The van der Waals surface area contributed by atoms with E-state index in [-0.39, 0.29) is 11.9 Å². The Hall–Kier alpha value is -1.55. The number of carbonyl (C=O) groups is 1. The zero-order chi connectivity index (χ0) is 13.8. The molecule has 2 rings (SSSR count). The average molecular weight is 261 g/mol.